The summed E-state index contributed by atoms with van der Waals surface area (Å²) in [6, 6.07) is 0. The van der Waals surface area contributed by atoms with Crippen molar-refractivity contribution in [3.05, 3.63) is 24.3 Å². The summed E-state index contributed by atoms with van der Waals surface area (Å²) >= 11 is 0. The molecule has 101 valence electrons. The fourth-order valence-electron chi connectivity index (χ4n) is 1.30. The predicted molar refractivity (Wildman–Crippen MR) is 70.6 cm³/mol. The molecule has 1 amide bonds. The summed E-state index contributed by atoms with van der Waals surface area (Å²) in [6.07, 6.45) is 6.57. The van der Waals surface area contributed by atoms with E-state index in [0.717, 1.165) is 25.3 Å². The second-order valence-corrected chi connectivity index (χ2v) is 4.60. The number of hydrogen-bond acceptors (Lipinski definition) is 3. The summed E-state index contributed by atoms with van der Waals surface area (Å²) in [5.41, 5.74) is 6.71. The topological polar surface area (TPSA) is 67.2 Å². The third kappa shape index (κ3) is 9.63. The molecule has 0 fully saturated rings. The van der Waals surface area contributed by atoms with Crippen LogP contribution in [0.2, 0.25) is 0 Å². The Balaban J connectivity index is 3.60. The maximum Gasteiger partial charge on any atom is 0.330 e. The summed E-state index contributed by atoms with van der Waals surface area (Å²) in [4.78, 5) is 21.7. The molecule has 0 bridgehead atoms. The van der Waals surface area contributed by atoms with Gasteiger partial charge in [-0.1, -0.05) is 39.7 Å². The van der Waals surface area contributed by atoms with Crippen molar-refractivity contribution < 1.29 is 14.3 Å². The Morgan fingerprint density at radius 2 is 1.89 bits per heavy atom. The molecule has 1 N–H and O–H groups in total. The second-order valence-electron chi connectivity index (χ2n) is 4.60. The van der Waals surface area contributed by atoms with E-state index >= 15 is 0 Å². The third-order valence-electron chi connectivity index (χ3n) is 2.38. The summed E-state index contributed by atoms with van der Waals surface area (Å²) in [7, 11) is 0. The number of ether oxygens (including phenoxy) is 1. The van der Waals surface area contributed by atoms with Gasteiger partial charge in [-0.25, -0.2) is 4.79 Å². The Morgan fingerprint density at radius 1 is 1.22 bits per heavy atom. The molecule has 4 nitrogen and oxygen atoms in total. The minimum absolute atomic E-state index is 0.0242. The van der Waals surface area contributed by atoms with E-state index in [1.807, 2.05) is 0 Å². The number of carbonyl (C=O) groups is 2. The monoisotopic (exact) mass is 252 g/mol. The van der Waals surface area contributed by atoms with Crippen LogP contribution in [0.5, 0.6) is 0 Å². The Morgan fingerprint density at radius 3 is 2.44 bits per heavy atom. The first-order valence-electron chi connectivity index (χ1n) is 6.23. The molecular weight excluding hydrogens is 230 g/mol. The molecular formula is C14H22NO3. The highest BCUT2D eigenvalue weighted by Gasteiger charge is 2.01. The van der Waals surface area contributed by atoms with Gasteiger partial charge in [0.25, 0.3) is 5.91 Å². The molecule has 4 heteroatoms. The van der Waals surface area contributed by atoms with Crippen LogP contribution in [0, 0.1) is 5.92 Å². The van der Waals surface area contributed by atoms with Crippen molar-refractivity contribution in [2.24, 2.45) is 5.92 Å². The highest BCUT2D eigenvalue weighted by Crippen LogP contribution is 2.07. The molecule has 0 rings (SSSR count). The number of nitrogens with one attached hydrogen (secondary N) is 1. The number of unbranched alkanes of at least 4 members (excludes halogenated alkanes) is 2. The first-order chi connectivity index (χ1) is 8.43. The number of carbonyl (C=O) groups excluding carboxylic acids is 2. The highest BCUT2D eigenvalue weighted by molar-refractivity contribution is 5.95. The molecule has 18 heavy (non-hydrogen) atoms. The normalized spacial score (nSPS) is 10.8. The minimum Gasteiger partial charge on any atom is -0.463 e. The molecule has 0 aromatic rings. The summed E-state index contributed by atoms with van der Waals surface area (Å²) in [6.45, 7) is 8.09. The van der Waals surface area contributed by atoms with Crippen LogP contribution < -0.4 is 5.73 Å². The van der Waals surface area contributed by atoms with Crippen LogP contribution in [0.1, 0.15) is 39.5 Å². The molecule has 0 aromatic carbocycles. The number of rotatable bonds is 9. The van der Waals surface area contributed by atoms with E-state index in [1.165, 1.54) is 12.5 Å². The molecule has 0 aliphatic rings. The van der Waals surface area contributed by atoms with Crippen LogP contribution in [0.4, 0.5) is 0 Å². The molecule has 0 aliphatic heterocycles. The van der Waals surface area contributed by atoms with E-state index in [-0.39, 0.29) is 5.57 Å². The molecule has 0 aliphatic carbocycles. The highest BCUT2D eigenvalue weighted by atomic mass is 16.5. The van der Waals surface area contributed by atoms with E-state index in [2.05, 4.69) is 20.4 Å². The molecule has 0 saturated heterocycles. The van der Waals surface area contributed by atoms with Gasteiger partial charge >= 0.3 is 5.97 Å². The summed E-state index contributed by atoms with van der Waals surface area (Å²) in [5, 5.41) is 0. The average Bonchev–Trinajstić information content (AvgIpc) is 2.29. The zero-order valence-corrected chi connectivity index (χ0v) is 11.2. The lowest BCUT2D eigenvalue weighted by atomic mass is 10.1. The molecule has 0 aromatic heterocycles. The lowest BCUT2D eigenvalue weighted by molar-refractivity contribution is -0.137. The first-order valence-corrected chi connectivity index (χ1v) is 6.23. The summed E-state index contributed by atoms with van der Waals surface area (Å²) < 4.78 is 4.94. The van der Waals surface area contributed by atoms with Gasteiger partial charge in [-0.05, 0) is 18.4 Å². The van der Waals surface area contributed by atoms with Crippen molar-refractivity contribution in [3.8, 4) is 0 Å². The van der Waals surface area contributed by atoms with E-state index in [9.17, 15) is 9.59 Å². The van der Waals surface area contributed by atoms with Crippen molar-refractivity contribution in [3.63, 3.8) is 0 Å². The van der Waals surface area contributed by atoms with Gasteiger partial charge in [0.05, 0.1) is 6.61 Å². The Hall–Kier alpha value is -1.58. The van der Waals surface area contributed by atoms with Crippen LogP contribution in [0.3, 0.4) is 0 Å². The van der Waals surface area contributed by atoms with E-state index in [1.54, 1.807) is 0 Å². The Kier molecular flexibility index (Phi) is 8.62. The van der Waals surface area contributed by atoms with Crippen LogP contribution in [-0.2, 0) is 14.3 Å². The van der Waals surface area contributed by atoms with Crippen molar-refractivity contribution in [1.29, 1.82) is 0 Å². The van der Waals surface area contributed by atoms with E-state index in [0.29, 0.717) is 12.5 Å². The zero-order valence-electron chi connectivity index (χ0n) is 11.2. The van der Waals surface area contributed by atoms with Crippen LogP contribution in [0.15, 0.2) is 24.3 Å². The van der Waals surface area contributed by atoms with Gasteiger partial charge in [0, 0.05) is 11.6 Å². The van der Waals surface area contributed by atoms with Gasteiger partial charge in [-0.3, -0.25) is 10.5 Å². The summed E-state index contributed by atoms with van der Waals surface area (Å²) in [5.74, 6) is -0.682. The smallest absolute Gasteiger partial charge is 0.330 e. The van der Waals surface area contributed by atoms with Gasteiger partial charge in [0.1, 0.15) is 0 Å². The van der Waals surface area contributed by atoms with Crippen LogP contribution in [0.25, 0.3) is 0 Å². The fraction of sp³-hybridized carbons (Fsp3) is 0.571. The molecule has 0 unspecified atom stereocenters. The van der Waals surface area contributed by atoms with Crippen LogP contribution in [-0.4, -0.2) is 18.5 Å². The van der Waals surface area contributed by atoms with Gasteiger partial charge < -0.3 is 4.74 Å². The number of esters is 1. The standard InChI is InChI=1S/C14H22NO3/c1-11(2)7-5-4-6-10-18-13(16)9-8-12(3)14(15)17/h8-9,11,15H,3-7,10H2,1-2H3. The van der Waals surface area contributed by atoms with Gasteiger partial charge in [-0.15, -0.1) is 0 Å². The largest absolute Gasteiger partial charge is 0.463 e. The molecule has 1 radical (unpaired) electrons. The van der Waals surface area contributed by atoms with E-state index in [4.69, 9.17) is 10.5 Å². The molecule has 0 spiro atoms. The lowest BCUT2D eigenvalue weighted by Crippen LogP contribution is -2.04. The SMILES string of the molecule is C=C(C=CC(=O)OCCCCCC(C)C)C([NH])=O. The van der Waals surface area contributed by atoms with Crippen molar-refractivity contribution in [2.45, 2.75) is 39.5 Å². The van der Waals surface area contributed by atoms with Crippen molar-refractivity contribution >= 4 is 11.9 Å². The van der Waals surface area contributed by atoms with E-state index < -0.39 is 11.9 Å². The Labute approximate surface area is 109 Å². The number of hydrogen-bond donors (Lipinski definition) is 0. The predicted octanol–water partition coefficient (Wildman–Crippen LogP) is 2.67. The average molecular weight is 252 g/mol. The quantitative estimate of drug-likeness (QED) is 0.274. The number of amides is 1. The molecule has 0 heterocycles. The van der Waals surface area contributed by atoms with Crippen LogP contribution >= 0.6 is 0 Å². The fourth-order valence-corrected chi connectivity index (χ4v) is 1.30. The minimum atomic E-state index is -0.896. The lowest BCUT2D eigenvalue weighted by Gasteiger charge is -2.04. The molecule has 0 saturated carbocycles. The van der Waals surface area contributed by atoms with Gasteiger partial charge in [0.15, 0.2) is 0 Å². The van der Waals surface area contributed by atoms with Crippen molar-refractivity contribution in [1.82, 2.24) is 5.73 Å². The van der Waals surface area contributed by atoms with Gasteiger partial charge in [-0.2, -0.15) is 0 Å². The van der Waals surface area contributed by atoms with Crippen molar-refractivity contribution in [2.75, 3.05) is 6.61 Å². The molecule has 0 atom stereocenters. The second kappa shape index (κ2) is 9.45. The Bertz CT molecular complexity index is 319. The first kappa shape index (κ1) is 16.4. The zero-order chi connectivity index (χ0) is 14.0. The van der Waals surface area contributed by atoms with Gasteiger partial charge in [0.2, 0.25) is 0 Å². The maximum atomic E-state index is 11.2. The maximum absolute atomic E-state index is 11.2. The third-order valence-corrected chi connectivity index (χ3v) is 2.38.